The van der Waals surface area contributed by atoms with Crippen molar-refractivity contribution in [2.24, 2.45) is 11.8 Å². The monoisotopic (exact) mass is 608 g/mol. The lowest BCUT2D eigenvalue weighted by Crippen LogP contribution is -2.79. The topological polar surface area (TPSA) is 94.2 Å². The number of rotatable bonds is 10. The van der Waals surface area contributed by atoms with Gasteiger partial charge in [0.25, 0.3) is 0 Å². The van der Waals surface area contributed by atoms with E-state index >= 15 is 0 Å². The van der Waals surface area contributed by atoms with Crippen LogP contribution in [0.5, 0.6) is 11.5 Å². The summed E-state index contributed by atoms with van der Waals surface area (Å²) < 4.78 is 50.1. The van der Waals surface area contributed by atoms with Crippen LogP contribution in [-0.2, 0) is 43.6 Å². The van der Waals surface area contributed by atoms with Gasteiger partial charge in [-0.05, 0) is 86.1 Å². The summed E-state index contributed by atoms with van der Waals surface area (Å²) >= 11 is 0. The largest absolute Gasteiger partial charge is 0.493 e. The number of ether oxygens (including phenoxy) is 3. The Kier molecular flexibility index (Phi) is 7.10. The SMILES string of the molecule is COc1ccc2c3c1O[C@H]1[C@H](NS(=O)(=O)Cc4ccccc4CC(C)C)CC[C@@]4(OC(C)=O)[C@@H](C2)N(CC2CC2)CC[C@]314. The smallest absolute Gasteiger partial charge is 0.303 e. The number of nitrogens with zero attached hydrogens (tertiary/aromatic N) is 1. The van der Waals surface area contributed by atoms with Crippen molar-refractivity contribution >= 4 is 16.0 Å². The van der Waals surface area contributed by atoms with Gasteiger partial charge in [0.05, 0.1) is 30.4 Å². The summed E-state index contributed by atoms with van der Waals surface area (Å²) in [5.74, 6) is 2.07. The molecule has 2 aliphatic heterocycles. The molecule has 1 spiro atoms. The van der Waals surface area contributed by atoms with E-state index in [-0.39, 0.29) is 17.8 Å². The van der Waals surface area contributed by atoms with E-state index in [1.165, 1.54) is 25.3 Å². The Morgan fingerprint density at radius 1 is 1.12 bits per heavy atom. The summed E-state index contributed by atoms with van der Waals surface area (Å²) in [4.78, 5) is 15.5. The zero-order chi connectivity index (χ0) is 30.1. The molecule has 2 bridgehead atoms. The predicted molar refractivity (Wildman–Crippen MR) is 164 cm³/mol. The standard InChI is InChI=1S/C34H44N2O6S/c1-21(2)17-24-7-5-6-8-26(24)20-43(38,39)35-27-13-14-34(42-22(3)37)29-18-25-11-12-28(40-4)31-30(25)33(34,32(27)41-31)15-16-36(29)19-23-9-10-23/h5-8,11-12,21,23,27,29,32,35H,9-10,13-20H2,1-4H3/t27-,29-,32+,33+,34-/m1/s1. The van der Waals surface area contributed by atoms with Crippen molar-refractivity contribution < 1.29 is 27.4 Å². The van der Waals surface area contributed by atoms with Gasteiger partial charge in [0.1, 0.15) is 11.7 Å². The molecule has 2 aromatic rings. The number of nitrogens with one attached hydrogen (secondary N) is 1. The molecule has 2 aromatic carbocycles. The molecule has 0 radical (unpaired) electrons. The Balaban J connectivity index is 1.28. The van der Waals surface area contributed by atoms with Crippen LogP contribution < -0.4 is 14.2 Å². The van der Waals surface area contributed by atoms with E-state index in [0.717, 1.165) is 49.0 Å². The van der Waals surface area contributed by atoms with Crippen LogP contribution in [0.25, 0.3) is 0 Å². The van der Waals surface area contributed by atoms with Crippen LogP contribution in [0, 0.1) is 11.8 Å². The van der Waals surface area contributed by atoms with E-state index in [1.54, 1.807) is 7.11 Å². The average molecular weight is 609 g/mol. The van der Waals surface area contributed by atoms with Crippen LogP contribution in [0.15, 0.2) is 36.4 Å². The molecular formula is C34H44N2O6S. The lowest BCUT2D eigenvalue weighted by molar-refractivity contribution is -0.218. The van der Waals surface area contributed by atoms with Crippen LogP contribution in [0.3, 0.4) is 0 Å². The number of carbonyl (C=O) groups is 1. The lowest BCUT2D eigenvalue weighted by Gasteiger charge is -2.65. The minimum absolute atomic E-state index is 0.0177. The number of hydrogen-bond acceptors (Lipinski definition) is 7. The van der Waals surface area contributed by atoms with Gasteiger partial charge in [-0.25, -0.2) is 13.1 Å². The van der Waals surface area contributed by atoms with Crippen molar-refractivity contribution in [2.75, 3.05) is 20.2 Å². The average Bonchev–Trinajstić information content (AvgIpc) is 3.69. The third kappa shape index (κ3) is 4.68. The summed E-state index contributed by atoms with van der Waals surface area (Å²) in [5.41, 5.74) is 2.69. The first-order valence-electron chi connectivity index (χ1n) is 15.9. The minimum atomic E-state index is -3.71. The van der Waals surface area contributed by atoms with Crippen LogP contribution in [0.2, 0.25) is 0 Å². The number of hydrogen-bond donors (Lipinski definition) is 1. The van der Waals surface area contributed by atoms with Crippen LogP contribution in [0.4, 0.5) is 0 Å². The molecule has 1 saturated heterocycles. The molecule has 5 aliphatic rings. The Labute approximate surface area is 255 Å². The first-order chi connectivity index (χ1) is 20.6. The van der Waals surface area contributed by atoms with Gasteiger partial charge >= 0.3 is 5.97 Å². The summed E-state index contributed by atoms with van der Waals surface area (Å²) in [7, 11) is -2.08. The molecule has 3 aliphatic carbocycles. The molecule has 43 heavy (non-hydrogen) atoms. The molecule has 8 nitrogen and oxygen atoms in total. The highest BCUT2D eigenvalue weighted by molar-refractivity contribution is 7.88. The second-order valence-electron chi connectivity index (χ2n) is 13.9. The molecule has 5 atom stereocenters. The van der Waals surface area contributed by atoms with Gasteiger partial charge < -0.3 is 14.2 Å². The maximum atomic E-state index is 13.9. The Morgan fingerprint density at radius 2 is 1.88 bits per heavy atom. The lowest BCUT2D eigenvalue weighted by atomic mass is 9.48. The Morgan fingerprint density at radius 3 is 2.58 bits per heavy atom. The molecular weight excluding hydrogens is 564 g/mol. The molecule has 0 amide bonds. The molecule has 2 saturated carbocycles. The van der Waals surface area contributed by atoms with Crippen molar-refractivity contribution in [1.82, 2.24) is 9.62 Å². The molecule has 3 fully saturated rings. The number of carbonyl (C=O) groups excluding carboxylic acids is 1. The fraction of sp³-hybridized carbons (Fsp3) is 0.618. The van der Waals surface area contributed by atoms with E-state index in [1.807, 2.05) is 30.3 Å². The normalized spacial score (nSPS) is 31.0. The third-order valence-electron chi connectivity index (χ3n) is 10.7. The van der Waals surface area contributed by atoms with Crippen LogP contribution in [-0.4, -0.2) is 63.3 Å². The van der Waals surface area contributed by atoms with Crippen LogP contribution >= 0.6 is 0 Å². The van der Waals surface area contributed by atoms with Crippen LogP contribution in [0.1, 0.15) is 75.1 Å². The number of sulfonamides is 1. The fourth-order valence-electron chi connectivity index (χ4n) is 9.00. The van der Waals surface area contributed by atoms with E-state index in [4.69, 9.17) is 14.2 Å². The molecule has 2 heterocycles. The van der Waals surface area contributed by atoms with E-state index in [0.29, 0.717) is 36.2 Å². The van der Waals surface area contributed by atoms with E-state index < -0.39 is 33.2 Å². The van der Waals surface area contributed by atoms with Gasteiger partial charge in [-0.1, -0.05) is 44.2 Å². The number of benzene rings is 2. The van der Waals surface area contributed by atoms with Crippen molar-refractivity contribution in [3.8, 4) is 11.5 Å². The van der Waals surface area contributed by atoms with Gasteiger partial charge in [-0.3, -0.25) is 9.69 Å². The molecule has 9 heteroatoms. The van der Waals surface area contributed by atoms with Gasteiger partial charge in [0.15, 0.2) is 11.5 Å². The van der Waals surface area contributed by atoms with Crippen molar-refractivity contribution in [2.45, 2.75) is 101 Å². The number of esters is 1. The quantitative estimate of drug-likeness (QED) is 0.397. The first kappa shape index (κ1) is 29.1. The summed E-state index contributed by atoms with van der Waals surface area (Å²) in [5, 5.41) is 0. The number of piperidine rings is 1. The van der Waals surface area contributed by atoms with E-state index in [9.17, 15) is 13.2 Å². The maximum Gasteiger partial charge on any atom is 0.303 e. The van der Waals surface area contributed by atoms with Crippen molar-refractivity contribution in [3.63, 3.8) is 0 Å². The minimum Gasteiger partial charge on any atom is -0.493 e. The molecule has 232 valence electrons. The molecule has 1 N–H and O–H groups in total. The maximum absolute atomic E-state index is 13.9. The predicted octanol–water partition coefficient (Wildman–Crippen LogP) is 4.52. The summed E-state index contributed by atoms with van der Waals surface area (Å²) in [6, 6.07) is 11.5. The number of methoxy groups -OCH3 is 1. The fourth-order valence-corrected chi connectivity index (χ4v) is 10.5. The number of likely N-dealkylation sites (tertiary alicyclic amines) is 1. The highest BCUT2D eigenvalue weighted by Crippen LogP contribution is 2.67. The second-order valence-corrected chi connectivity index (χ2v) is 15.7. The van der Waals surface area contributed by atoms with Gasteiger partial charge in [-0.2, -0.15) is 0 Å². The molecule has 0 aromatic heterocycles. The van der Waals surface area contributed by atoms with Gasteiger partial charge in [0.2, 0.25) is 10.0 Å². The Hall–Kier alpha value is -2.62. The molecule has 7 rings (SSSR count). The van der Waals surface area contributed by atoms with Gasteiger partial charge in [0, 0.05) is 19.0 Å². The summed E-state index contributed by atoms with van der Waals surface area (Å²) in [6.45, 7) is 7.67. The highest BCUT2D eigenvalue weighted by Gasteiger charge is 2.75. The highest BCUT2D eigenvalue weighted by atomic mass is 32.2. The molecule has 0 unspecified atom stereocenters. The van der Waals surface area contributed by atoms with Crippen molar-refractivity contribution in [3.05, 3.63) is 58.7 Å². The van der Waals surface area contributed by atoms with Gasteiger partial charge in [-0.15, -0.1) is 0 Å². The second kappa shape index (κ2) is 10.5. The zero-order valence-corrected chi connectivity index (χ0v) is 26.5. The summed E-state index contributed by atoms with van der Waals surface area (Å²) in [6.07, 6.45) is 5.41. The first-order valence-corrected chi connectivity index (χ1v) is 17.6. The zero-order valence-electron chi connectivity index (χ0n) is 25.7. The Bertz CT molecular complexity index is 1540. The van der Waals surface area contributed by atoms with Crippen molar-refractivity contribution in [1.29, 1.82) is 0 Å². The third-order valence-corrected chi connectivity index (χ3v) is 12.0. The van der Waals surface area contributed by atoms with E-state index in [2.05, 4.69) is 29.5 Å².